The summed E-state index contributed by atoms with van der Waals surface area (Å²) in [6.07, 6.45) is 2.75. The quantitative estimate of drug-likeness (QED) is 0.735. The van der Waals surface area contributed by atoms with E-state index in [4.69, 9.17) is 4.74 Å². The first kappa shape index (κ1) is 17.3. The van der Waals surface area contributed by atoms with Crippen molar-refractivity contribution in [2.45, 2.75) is 39.3 Å². The Hall–Kier alpha value is -0.710. The van der Waals surface area contributed by atoms with Crippen LogP contribution in [0.2, 0.25) is 0 Å². The third kappa shape index (κ3) is 6.64. The summed E-state index contributed by atoms with van der Waals surface area (Å²) in [6.45, 7) is 7.13. The summed E-state index contributed by atoms with van der Waals surface area (Å²) in [4.78, 5) is 0. The van der Waals surface area contributed by atoms with Crippen molar-refractivity contribution in [2.24, 2.45) is 0 Å². The molecule has 3 nitrogen and oxygen atoms in total. The smallest absolute Gasteiger partial charge is 0.122 e. The number of rotatable bonds is 9. The Labute approximate surface area is 127 Å². The maximum Gasteiger partial charge on any atom is 0.122 e. The summed E-state index contributed by atoms with van der Waals surface area (Å²) in [7, 11) is 0. The van der Waals surface area contributed by atoms with Crippen molar-refractivity contribution in [3.63, 3.8) is 0 Å². The van der Waals surface area contributed by atoms with Gasteiger partial charge in [0, 0.05) is 12.6 Å². The van der Waals surface area contributed by atoms with E-state index in [1.165, 1.54) is 5.56 Å². The Balaban J connectivity index is 2.27. The molecule has 0 amide bonds. The number of aryl methyl sites for hydroxylation is 2. The van der Waals surface area contributed by atoms with Gasteiger partial charge in [0.2, 0.25) is 0 Å². The molecule has 1 aromatic rings. The van der Waals surface area contributed by atoms with Crippen molar-refractivity contribution in [1.29, 1.82) is 0 Å². The molecule has 0 radical (unpaired) electrons. The van der Waals surface area contributed by atoms with Gasteiger partial charge >= 0.3 is 0 Å². The molecule has 0 aromatic heterocycles. The van der Waals surface area contributed by atoms with E-state index in [-0.39, 0.29) is 0 Å². The van der Waals surface area contributed by atoms with E-state index >= 15 is 0 Å². The van der Waals surface area contributed by atoms with Gasteiger partial charge in [-0.2, -0.15) is 11.8 Å². The van der Waals surface area contributed by atoms with E-state index in [1.807, 2.05) is 30.8 Å². The Bertz CT molecular complexity index is 398. The molecule has 20 heavy (non-hydrogen) atoms. The average molecular weight is 297 g/mol. The molecule has 1 rings (SSSR count). The van der Waals surface area contributed by atoms with Crippen molar-refractivity contribution in [1.82, 2.24) is 5.32 Å². The van der Waals surface area contributed by atoms with Crippen LogP contribution in [-0.4, -0.2) is 42.4 Å². The second-order valence-electron chi connectivity index (χ2n) is 5.32. The Morgan fingerprint density at radius 3 is 2.75 bits per heavy atom. The normalized spacial score (nSPS) is 14.1. The van der Waals surface area contributed by atoms with Gasteiger partial charge in [0.25, 0.3) is 0 Å². The van der Waals surface area contributed by atoms with Gasteiger partial charge in [-0.05, 0) is 50.8 Å². The second-order valence-corrected chi connectivity index (χ2v) is 6.31. The lowest BCUT2D eigenvalue weighted by Gasteiger charge is -2.18. The minimum absolute atomic E-state index is 0.326. The fraction of sp³-hybridized carbons (Fsp3) is 0.625. The lowest BCUT2D eigenvalue weighted by atomic mass is 10.1. The molecule has 0 spiro atoms. The van der Waals surface area contributed by atoms with Crippen LogP contribution in [0.4, 0.5) is 0 Å². The standard InChI is InChI=1S/C16H27NO2S/c1-12-5-6-16(13(2)9-12)19-11-15(18)10-17-14(3)7-8-20-4/h5-6,9,14-15,17-18H,7-8,10-11H2,1-4H3/t14-,15-/m0/s1. The SMILES string of the molecule is CSCC[C@H](C)NC[C@H](O)COc1ccc(C)cc1C. The first-order chi connectivity index (χ1) is 9.52. The van der Waals surface area contributed by atoms with E-state index < -0.39 is 6.10 Å². The first-order valence-corrected chi connectivity index (χ1v) is 8.52. The number of hydrogen-bond acceptors (Lipinski definition) is 4. The van der Waals surface area contributed by atoms with Gasteiger partial charge < -0.3 is 15.2 Å². The highest BCUT2D eigenvalue weighted by atomic mass is 32.2. The van der Waals surface area contributed by atoms with Crippen LogP contribution in [0.5, 0.6) is 5.75 Å². The van der Waals surface area contributed by atoms with Gasteiger partial charge in [-0.25, -0.2) is 0 Å². The molecular formula is C16H27NO2S. The molecule has 0 saturated carbocycles. The predicted molar refractivity (Wildman–Crippen MR) is 87.9 cm³/mol. The van der Waals surface area contributed by atoms with Crippen LogP contribution in [0.1, 0.15) is 24.5 Å². The van der Waals surface area contributed by atoms with Crippen molar-refractivity contribution in [2.75, 3.05) is 25.2 Å². The van der Waals surface area contributed by atoms with Crippen LogP contribution in [0.25, 0.3) is 0 Å². The average Bonchev–Trinajstić information content (AvgIpc) is 2.41. The minimum atomic E-state index is -0.479. The predicted octanol–water partition coefficient (Wildman–Crippen LogP) is 2.77. The summed E-state index contributed by atoms with van der Waals surface area (Å²) in [5.41, 5.74) is 2.33. The molecule has 2 N–H and O–H groups in total. The zero-order chi connectivity index (χ0) is 15.0. The fourth-order valence-corrected chi connectivity index (χ4v) is 2.53. The van der Waals surface area contributed by atoms with Gasteiger partial charge in [-0.3, -0.25) is 0 Å². The first-order valence-electron chi connectivity index (χ1n) is 7.13. The summed E-state index contributed by atoms with van der Waals surface area (Å²) >= 11 is 1.85. The summed E-state index contributed by atoms with van der Waals surface area (Å²) in [6, 6.07) is 6.51. The van der Waals surface area contributed by atoms with E-state index in [2.05, 4.69) is 31.5 Å². The van der Waals surface area contributed by atoms with Crippen LogP contribution in [0.3, 0.4) is 0 Å². The van der Waals surface area contributed by atoms with Crippen molar-refractivity contribution < 1.29 is 9.84 Å². The number of thioether (sulfide) groups is 1. The molecule has 114 valence electrons. The molecule has 2 atom stereocenters. The Morgan fingerprint density at radius 2 is 2.10 bits per heavy atom. The maximum atomic E-state index is 9.94. The molecule has 0 unspecified atom stereocenters. The summed E-state index contributed by atoms with van der Waals surface area (Å²) in [5.74, 6) is 1.99. The molecule has 0 saturated heterocycles. The molecule has 0 aliphatic carbocycles. The number of aliphatic hydroxyl groups excluding tert-OH is 1. The number of ether oxygens (including phenoxy) is 1. The van der Waals surface area contributed by atoms with Crippen molar-refractivity contribution in [3.8, 4) is 5.75 Å². The molecule has 0 fully saturated rings. The van der Waals surface area contributed by atoms with Crippen LogP contribution in [0.15, 0.2) is 18.2 Å². The lowest BCUT2D eigenvalue weighted by molar-refractivity contribution is 0.103. The van der Waals surface area contributed by atoms with Crippen LogP contribution in [0, 0.1) is 13.8 Å². The highest BCUT2D eigenvalue weighted by Crippen LogP contribution is 2.18. The summed E-state index contributed by atoms with van der Waals surface area (Å²) < 4.78 is 5.67. The number of hydrogen-bond donors (Lipinski definition) is 2. The molecule has 0 bridgehead atoms. The Morgan fingerprint density at radius 1 is 1.35 bits per heavy atom. The highest BCUT2D eigenvalue weighted by Gasteiger charge is 2.09. The third-order valence-electron chi connectivity index (χ3n) is 3.22. The lowest BCUT2D eigenvalue weighted by Crippen LogP contribution is -2.36. The van der Waals surface area contributed by atoms with Gasteiger partial charge in [0.05, 0.1) is 0 Å². The van der Waals surface area contributed by atoms with E-state index in [9.17, 15) is 5.11 Å². The molecule has 0 aliphatic rings. The minimum Gasteiger partial charge on any atom is -0.491 e. The van der Waals surface area contributed by atoms with Gasteiger partial charge in [-0.15, -0.1) is 0 Å². The van der Waals surface area contributed by atoms with E-state index in [0.29, 0.717) is 19.2 Å². The topological polar surface area (TPSA) is 41.5 Å². The highest BCUT2D eigenvalue weighted by molar-refractivity contribution is 7.98. The third-order valence-corrected chi connectivity index (χ3v) is 3.86. The van der Waals surface area contributed by atoms with Gasteiger partial charge in [0.15, 0.2) is 0 Å². The van der Waals surface area contributed by atoms with Gasteiger partial charge in [-0.1, -0.05) is 17.7 Å². The molecule has 4 heteroatoms. The summed E-state index contributed by atoms with van der Waals surface area (Å²) in [5, 5.41) is 13.3. The molecule has 0 aliphatic heterocycles. The van der Waals surface area contributed by atoms with E-state index in [0.717, 1.165) is 23.5 Å². The van der Waals surface area contributed by atoms with Crippen LogP contribution in [-0.2, 0) is 0 Å². The molecule has 1 aromatic carbocycles. The number of benzene rings is 1. The second kappa shape index (κ2) is 9.27. The monoisotopic (exact) mass is 297 g/mol. The Kier molecular flexibility index (Phi) is 8.04. The maximum absolute atomic E-state index is 9.94. The van der Waals surface area contributed by atoms with Crippen LogP contribution < -0.4 is 10.1 Å². The van der Waals surface area contributed by atoms with Crippen molar-refractivity contribution >= 4 is 11.8 Å². The van der Waals surface area contributed by atoms with Crippen molar-refractivity contribution in [3.05, 3.63) is 29.3 Å². The zero-order valence-electron chi connectivity index (χ0n) is 13.0. The molecular weight excluding hydrogens is 270 g/mol. The van der Waals surface area contributed by atoms with E-state index in [1.54, 1.807) is 0 Å². The fourth-order valence-electron chi connectivity index (χ4n) is 1.94. The number of aliphatic hydroxyl groups is 1. The largest absolute Gasteiger partial charge is 0.491 e. The van der Waals surface area contributed by atoms with Crippen LogP contribution >= 0.6 is 11.8 Å². The number of nitrogens with one attached hydrogen (secondary N) is 1. The molecule has 0 heterocycles. The zero-order valence-corrected chi connectivity index (χ0v) is 13.8. The van der Waals surface area contributed by atoms with Gasteiger partial charge in [0.1, 0.15) is 18.5 Å².